The van der Waals surface area contributed by atoms with E-state index < -0.39 is 0 Å². The molecule has 4 nitrogen and oxygen atoms in total. The highest BCUT2D eigenvalue weighted by molar-refractivity contribution is 6.31. The third-order valence-electron chi connectivity index (χ3n) is 2.97. The molecule has 18 heavy (non-hydrogen) atoms. The van der Waals surface area contributed by atoms with Crippen molar-refractivity contribution in [2.75, 3.05) is 25.1 Å². The number of hydrogen-bond acceptors (Lipinski definition) is 3. The molecule has 1 fully saturated rings. The molecule has 0 saturated carbocycles. The van der Waals surface area contributed by atoms with Crippen molar-refractivity contribution in [1.29, 1.82) is 0 Å². The summed E-state index contributed by atoms with van der Waals surface area (Å²) in [5.74, 6) is -0.0247. The molecule has 1 heterocycles. The van der Waals surface area contributed by atoms with Gasteiger partial charge in [-0.15, -0.1) is 0 Å². The summed E-state index contributed by atoms with van der Waals surface area (Å²) < 4.78 is 5.31. The zero-order valence-corrected chi connectivity index (χ0v) is 11.1. The Bertz CT molecular complexity index is 431. The fourth-order valence-corrected chi connectivity index (χ4v) is 2.09. The Balaban J connectivity index is 1.92. The predicted octanol–water partition coefficient (Wildman–Crippen LogP) is 1.97. The van der Waals surface area contributed by atoms with Crippen LogP contribution in [-0.4, -0.2) is 31.7 Å². The number of rotatable bonds is 3. The van der Waals surface area contributed by atoms with Gasteiger partial charge in [-0.05, 0) is 24.6 Å². The highest BCUT2D eigenvalue weighted by Crippen LogP contribution is 2.23. The SMILES string of the molecule is Cc1c(Cl)cccc1NC(=O)CC1COCCN1. The van der Waals surface area contributed by atoms with Gasteiger partial charge in [0.15, 0.2) is 0 Å². The standard InChI is InChI=1S/C13H17ClN2O2/c1-9-11(14)3-2-4-12(9)16-13(17)7-10-8-18-6-5-15-10/h2-4,10,15H,5-8H2,1H3,(H,16,17). The number of morpholine rings is 1. The minimum atomic E-state index is -0.0247. The van der Waals surface area contributed by atoms with E-state index in [-0.39, 0.29) is 11.9 Å². The lowest BCUT2D eigenvalue weighted by atomic mass is 10.1. The van der Waals surface area contributed by atoms with Crippen molar-refractivity contribution in [3.8, 4) is 0 Å². The zero-order chi connectivity index (χ0) is 13.0. The van der Waals surface area contributed by atoms with Crippen LogP contribution in [0.1, 0.15) is 12.0 Å². The number of amides is 1. The van der Waals surface area contributed by atoms with Crippen LogP contribution in [0.15, 0.2) is 18.2 Å². The van der Waals surface area contributed by atoms with Gasteiger partial charge in [-0.25, -0.2) is 0 Å². The van der Waals surface area contributed by atoms with Crippen LogP contribution >= 0.6 is 11.6 Å². The number of ether oxygens (including phenoxy) is 1. The molecule has 1 aliphatic rings. The van der Waals surface area contributed by atoms with Gasteiger partial charge in [-0.3, -0.25) is 4.79 Å². The molecule has 1 atom stereocenters. The quantitative estimate of drug-likeness (QED) is 0.881. The number of hydrogen-bond donors (Lipinski definition) is 2. The van der Waals surface area contributed by atoms with Gasteiger partial charge < -0.3 is 15.4 Å². The van der Waals surface area contributed by atoms with Crippen molar-refractivity contribution in [1.82, 2.24) is 5.32 Å². The predicted molar refractivity (Wildman–Crippen MR) is 72.0 cm³/mol. The van der Waals surface area contributed by atoms with Crippen molar-refractivity contribution >= 4 is 23.2 Å². The third kappa shape index (κ3) is 3.45. The molecule has 1 saturated heterocycles. The summed E-state index contributed by atoms with van der Waals surface area (Å²) in [6.45, 7) is 3.99. The zero-order valence-electron chi connectivity index (χ0n) is 10.3. The van der Waals surface area contributed by atoms with Gasteiger partial charge in [0.1, 0.15) is 0 Å². The fraction of sp³-hybridized carbons (Fsp3) is 0.462. The monoisotopic (exact) mass is 268 g/mol. The maximum atomic E-state index is 11.9. The summed E-state index contributed by atoms with van der Waals surface area (Å²) in [7, 11) is 0. The van der Waals surface area contributed by atoms with Crippen molar-refractivity contribution in [2.45, 2.75) is 19.4 Å². The van der Waals surface area contributed by atoms with E-state index in [1.165, 1.54) is 0 Å². The van der Waals surface area contributed by atoms with E-state index in [9.17, 15) is 4.79 Å². The number of halogens is 1. The minimum Gasteiger partial charge on any atom is -0.378 e. The Kier molecular flexibility index (Phi) is 4.58. The molecular weight excluding hydrogens is 252 g/mol. The first kappa shape index (κ1) is 13.3. The van der Waals surface area contributed by atoms with E-state index in [4.69, 9.17) is 16.3 Å². The van der Waals surface area contributed by atoms with Crippen LogP contribution in [0, 0.1) is 6.92 Å². The van der Waals surface area contributed by atoms with Gasteiger partial charge in [-0.2, -0.15) is 0 Å². The van der Waals surface area contributed by atoms with Crippen LogP contribution in [0.3, 0.4) is 0 Å². The normalized spacial score (nSPS) is 19.6. The maximum absolute atomic E-state index is 11.9. The molecule has 0 spiro atoms. The first-order valence-electron chi connectivity index (χ1n) is 6.03. The average molecular weight is 269 g/mol. The number of anilines is 1. The van der Waals surface area contributed by atoms with Crippen molar-refractivity contribution in [2.24, 2.45) is 0 Å². The molecule has 2 N–H and O–H groups in total. The van der Waals surface area contributed by atoms with Gasteiger partial charge in [0.2, 0.25) is 5.91 Å². The molecule has 1 amide bonds. The number of carbonyl (C=O) groups is 1. The molecule has 0 bridgehead atoms. The summed E-state index contributed by atoms with van der Waals surface area (Å²) >= 11 is 6.01. The second kappa shape index (κ2) is 6.18. The average Bonchev–Trinajstić information content (AvgIpc) is 2.36. The van der Waals surface area contributed by atoms with E-state index >= 15 is 0 Å². The Morgan fingerprint density at radius 2 is 2.44 bits per heavy atom. The van der Waals surface area contributed by atoms with Crippen molar-refractivity contribution in [3.05, 3.63) is 28.8 Å². The lowest BCUT2D eigenvalue weighted by Gasteiger charge is -2.23. The summed E-state index contributed by atoms with van der Waals surface area (Å²) in [5, 5.41) is 6.79. The molecule has 98 valence electrons. The molecule has 1 unspecified atom stereocenters. The first-order chi connectivity index (χ1) is 8.66. The van der Waals surface area contributed by atoms with Gasteiger partial charge in [0, 0.05) is 29.7 Å². The van der Waals surface area contributed by atoms with Gasteiger partial charge >= 0.3 is 0 Å². The van der Waals surface area contributed by atoms with E-state index in [2.05, 4.69) is 10.6 Å². The highest BCUT2D eigenvalue weighted by Gasteiger charge is 2.17. The second-order valence-corrected chi connectivity index (χ2v) is 4.80. The third-order valence-corrected chi connectivity index (χ3v) is 3.38. The van der Waals surface area contributed by atoms with Gasteiger partial charge in [0.25, 0.3) is 0 Å². The van der Waals surface area contributed by atoms with Crippen molar-refractivity contribution in [3.63, 3.8) is 0 Å². The lowest BCUT2D eigenvalue weighted by molar-refractivity contribution is -0.117. The largest absolute Gasteiger partial charge is 0.378 e. The molecule has 0 radical (unpaired) electrons. The van der Waals surface area contributed by atoms with E-state index in [1.54, 1.807) is 0 Å². The Labute approximate surface area is 112 Å². The number of carbonyl (C=O) groups excluding carboxylic acids is 1. The number of benzene rings is 1. The maximum Gasteiger partial charge on any atom is 0.226 e. The Morgan fingerprint density at radius 3 is 3.17 bits per heavy atom. The van der Waals surface area contributed by atoms with Crippen LogP contribution in [0.4, 0.5) is 5.69 Å². The second-order valence-electron chi connectivity index (χ2n) is 4.39. The number of nitrogens with one attached hydrogen (secondary N) is 2. The summed E-state index contributed by atoms with van der Waals surface area (Å²) in [4.78, 5) is 11.9. The van der Waals surface area contributed by atoms with Crippen LogP contribution < -0.4 is 10.6 Å². The van der Waals surface area contributed by atoms with Crippen LogP contribution in [0.5, 0.6) is 0 Å². The molecule has 2 rings (SSSR count). The van der Waals surface area contributed by atoms with Crippen LogP contribution in [0.25, 0.3) is 0 Å². The van der Waals surface area contributed by atoms with Gasteiger partial charge in [-0.1, -0.05) is 17.7 Å². The highest BCUT2D eigenvalue weighted by atomic mass is 35.5. The Morgan fingerprint density at radius 1 is 1.61 bits per heavy atom. The minimum absolute atomic E-state index is 0.0247. The molecule has 1 aliphatic heterocycles. The van der Waals surface area contributed by atoms with E-state index in [0.29, 0.717) is 24.7 Å². The topological polar surface area (TPSA) is 50.4 Å². The molecule has 0 aliphatic carbocycles. The fourth-order valence-electron chi connectivity index (χ4n) is 1.92. The summed E-state index contributed by atoms with van der Waals surface area (Å²) in [5.41, 5.74) is 1.66. The molecule has 5 heteroatoms. The molecule has 0 aromatic heterocycles. The van der Waals surface area contributed by atoms with E-state index in [0.717, 1.165) is 17.8 Å². The lowest BCUT2D eigenvalue weighted by Crippen LogP contribution is -2.43. The molecule has 1 aromatic rings. The molecular formula is C13H17ClN2O2. The smallest absolute Gasteiger partial charge is 0.226 e. The van der Waals surface area contributed by atoms with Crippen LogP contribution in [-0.2, 0) is 9.53 Å². The summed E-state index contributed by atoms with van der Waals surface area (Å²) in [6, 6.07) is 5.58. The van der Waals surface area contributed by atoms with Gasteiger partial charge in [0.05, 0.1) is 13.2 Å². The van der Waals surface area contributed by atoms with E-state index in [1.807, 2.05) is 25.1 Å². The van der Waals surface area contributed by atoms with Crippen molar-refractivity contribution < 1.29 is 9.53 Å². The first-order valence-corrected chi connectivity index (χ1v) is 6.40. The Hall–Kier alpha value is -1.10. The summed E-state index contributed by atoms with van der Waals surface area (Å²) in [6.07, 6.45) is 0.409. The van der Waals surface area contributed by atoms with Crippen LogP contribution in [0.2, 0.25) is 5.02 Å². The molecule has 1 aromatic carbocycles.